The highest BCUT2D eigenvalue weighted by Crippen LogP contribution is 2.26. The molecule has 0 unspecified atom stereocenters. The van der Waals surface area contributed by atoms with E-state index in [1.165, 1.54) is 6.07 Å². The van der Waals surface area contributed by atoms with Crippen molar-refractivity contribution in [3.8, 4) is 0 Å². The van der Waals surface area contributed by atoms with Gasteiger partial charge in [0.2, 0.25) is 11.8 Å². The molecule has 1 aliphatic heterocycles. The monoisotopic (exact) mass is 307 g/mol. The van der Waals surface area contributed by atoms with Gasteiger partial charge in [-0.25, -0.2) is 4.68 Å². The molecule has 0 aromatic carbocycles. The van der Waals surface area contributed by atoms with E-state index in [2.05, 4.69) is 5.10 Å². The molecule has 1 fully saturated rings. The van der Waals surface area contributed by atoms with Gasteiger partial charge in [0.1, 0.15) is 6.54 Å². The van der Waals surface area contributed by atoms with Gasteiger partial charge in [0.15, 0.2) is 0 Å². The van der Waals surface area contributed by atoms with E-state index in [-0.39, 0.29) is 36.5 Å². The van der Waals surface area contributed by atoms with Crippen LogP contribution in [0.1, 0.15) is 25.0 Å². The van der Waals surface area contributed by atoms with Crippen LogP contribution in [-0.2, 0) is 16.1 Å². The fourth-order valence-corrected chi connectivity index (χ4v) is 2.91. The van der Waals surface area contributed by atoms with Crippen LogP contribution < -0.4 is 17.0 Å². The maximum Gasteiger partial charge on any atom is 0.267 e. The minimum atomic E-state index is -0.452. The molecule has 0 bridgehead atoms. The average Bonchev–Trinajstić information content (AvgIpc) is 2.84. The van der Waals surface area contributed by atoms with Crippen molar-refractivity contribution in [3.05, 3.63) is 28.2 Å². The molecule has 2 rings (SSSR count). The molecule has 2 amide bonds. The first-order valence-electron chi connectivity index (χ1n) is 7.26. The van der Waals surface area contributed by atoms with Crippen molar-refractivity contribution < 1.29 is 9.59 Å². The van der Waals surface area contributed by atoms with Crippen molar-refractivity contribution >= 4 is 11.8 Å². The highest BCUT2D eigenvalue weighted by atomic mass is 16.2. The van der Waals surface area contributed by atoms with Crippen LogP contribution in [-0.4, -0.2) is 45.1 Å². The molecule has 4 N–H and O–H groups in total. The number of likely N-dealkylation sites (tertiary alicyclic amines) is 1. The molecular formula is C14H21N5O3. The lowest BCUT2D eigenvalue weighted by atomic mass is 10.1. The van der Waals surface area contributed by atoms with E-state index in [0.717, 1.165) is 11.1 Å². The number of carbonyl (C=O) groups is 2. The van der Waals surface area contributed by atoms with Crippen LogP contribution in [0, 0.1) is 6.92 Å². The van der Waals surface area contributed by atoms with Gasteiger partial charge in [-0.15, -0.1) is 0 Å². The lowest BCUT2D eigenvalue weighted by molar-refractivity contribution is -0.135. The van der Waals surface area contributed by atoms with Gasteiger partial charge in [-0.3, -0.25) is 14.4 Å². The summed E-state index contributed by atoms with van der Waals surface area (Å²) in [7, 11) is 0. The zero-order valence-electron chi connectivity index (χ0n) is 12.6. The Morgan fingerprint density at radius 3 is 2.64 bits per heavy atom. The Morgan fingerprint density at radius 2 is 2.00 bits per heavy atom. The maximum atomic E-state index is 12.6. The van der Waals surface area contributed by atoms with E-state index in [0.29, 0.717) is 18.7 Å². The van der Waals surface area contributed by atoms with Crippen LogP contribution in [0.4, 0.5) is 0 Å². The summed E-state index contributed by atoms with van der Waals surface area (Å²) in [5.41, 5.74) is 11.3. The molecule has 0 aliphatic carbocycles. The lowest BCUT2D eigenvalue weighted by Crippen LogP contribution is -2.48. The first-order chi connectivity index (χ1) is 10.4. The second kappa shape index (κ2) is 6.69. The average molecular weight is 307 g/mol. The van der Waals surface area contributed by atoms with Crippen LogP contribution in [0.2, 0.25) is 0 Å². The number of amides is 2. The number of carbonyl (C=O) groups excluding carboxylic acids is 2. The Hall–Kier alpha value is -2.22. The minimum absolute atomic E-state index is 0.110. The number of rotatable bonds is 5. The van der Waals surface area contributed by atoms with Gasteiger partial charge in [-0.05, 0) is 25.8 Å². The molecule has 22 heavy (non-hydrogen) atoms. The van der Waals surface area contributed by atoms with E-state index in [1.807, 2.05) is 0 Å². The van der Waals surface area contributed by atoms with E-state index < -0.39 is 5.91 Å². The Kier molecular flexibility index (Phi) is 4.92. The number of nitrogens with zero attached hydrogens (tertiary/aromatic N) is 3. The Balaban J connectivity index is 2.19. The summed E-state index contributed by atoms with van der Waals surface area (Å²) in [6, 6.07) is 2.59. The quantitative estimate of drug-likeness (QED) is 0.703. The van der Waals surface area contributed by atoms with Crippen molar-refractivity contribution in [1.82, 2.24) is 14.7 Å². The number of aryl methyl sites for hydroxylation is 1. The molecular weight excluding hydrogens is 286 g/mol. The third-order valence-electron chi connectivity index (χ3n) is 3.90. The Morgan fingerprint density at radius 1 is 1.32 bits per heavy atom. The first kappa shape index (κ1) is 16.2. The summed E-state index contributed by atoms with van der Waals surface area (Å²) in [6.45, 7) is 1.90. The second-order valence-corrected chi connectivity index (χ2v) is 5.56. The molecule has 8 heteroatoms. The van der Waals surface area contributed by atoms with Gasteiger partial charge >= 0.3 is 0 Å². The van der Waals surface area contributed by atoms with Crippen molar-refractivity contribution in [2.45, 2.75) is 44.8 Å². The summed E-state index contributed by atoms with van der Waals surface area (Å²) >= 11 is 0. The van der Waals surface area contributed by atoms with Crippen LogP contribution in [0.3, 0.4) is 0 Å². The highest BCUT2D eigenvalue weighted by molar-refractivity contribution is 5.79. The van der Waals surface area contributed by atoms with E-state index in [9.17, 15) is 14.4 Å². The third-order valence-corrected chi connectivity index (χ3v) is 3.90. The number of primary amides is 1. The normalized spacial score (nSPS) is 21.1. The Bertz CT molecular complexity index is 627. The first-order valence-corrected chi connectivity index (χ1v) is 7.26. The number of hydrogen-bond acceptors (Lipinski definition) is 5. The highest BCUT2D eigenvalue weighted by Gasteiger charge is 2.36. The largest absolute Gasteiger partial charge is 0.370 e. The zero-order chi connectivity index (χ0) is 16.3. The summed E-state index contributed by atoms with van der Waals surface area (Å²) in [5.74, 6) is -0.717. The predicted octanol–water partition coefficient (Wildman–Crippen LogP) is -1.25. The molecule has 1 aliphatic rings. The lowest BCUT2D eigenvalue weighted by Gasteiger charge is -2.29. The van der Waals surface area contributed by atoms with Gasteiger partial charge in [-0.2, -0.15) is 5.10 Å². The van der Waals surface area contributed by atoms with E-state index in [4.69, 9.17) is 11.5 Å². The van der Waals surface area contributed by atoms with Crippen molar-refractivity contribution in [3.63, 3.8) is 0 Å². The molecule has 8 nitrogen and oxygen atoms in total. The molecule has 1 saturated heterocycles. The number of aromatic nitrogens is 2. The molecule has 0 spiro atoms. The van der Waals surface area contributed by atoms with E-state index >= 15 is 0 Å². The number of nitrogens with two attached hydrogens (primary N) is 2. The Labute approximate surface area is 128 Å². The third kappa shape index (κ3) is 3.51. The summed E-state index contributed by atoms with van der Waals surface area (Å²) < 4.78 is 1.13. The summed E-state index contributed by atoms with van der Waals surface area (Å²) in [6.07, 6.45) is 1.53. The van der Waals surface area contributed by atoms with Gasteiger partial charge in [0, 0.05) is 31.1 Å². The second-order valence-electron chi connectivity index (χ2n) is 5.56. The van der Waals surface area contributed by atoms with E-state index in [1.54, 1.807) is 17.9 Å². The van der Waals surface area contributed by atoms with Gasteiger partial charge in [0.05, 0.1) is 5.69 Å². The smallest absolute Gasteiger partial charge is 0.267 e. The maximum absolute atomic E-state index is 12.6. The predicted molar refractivity (Wildman–Crippen MR) is 79.8 cm³/mol. The molecule has 1 aromatic rings. The number of hydrogen-bond donors (Lipinski definition) is 2. The fraction of sp³-hybridized carbons (Fsp3) is 0.571. The zero-order valence-corrected chi connectivity index (χ0v) is 12.6. The van der Waals surface area contributed by atoms with Crippen LogP contribution in [0.5, 0.6) is 0 Å². The molecule has 120 valence electrons. The van der Waals surface area contributed by atoms with Crippen LogP contribution >= 0.6 is 0 Å². The molecule has 2 heterocycles. The fourth-order valence-electron chi connectivity index (χ4n) is 2.91. The van der Waals surface area contributed by atoms with Gasteiger partial charge in [0.25, 0.3) is 5.56 Å². The molecule has 1 aromatic heterocycles. The van der Waals surface area contributed by atoms with Gasteiger partial charge < -0.3 is 16.4 Å². The molecule has 0 radical (unpaired) electrons. The topological polar surface area (TPSA) is 124 Å². The van der Waals surface area contributed by atoms with Crippen LogP contribution in [0.25, 0.3) is 0 Å². The molecule has 0 saturated carbocycles. The van der Waals surface area contributed by atoms with Gasteiger partial charge in [-0.1, -0.05) is 0 Å². The van der Waals surface area contributed by atoms with Crippen molar-refractivity contribution in [2.24, 2.45) is 11.5 Å². The van der Waals surface area contributed by atoms with Crippen molar-refractivity contribution in [1.29, 1.82) is 0 Å². The summed E-state index contributed by atoms with van der Waals surface area (Å²) in [5, 5.41) is 4.05. The van der Waals surface area contributed by atoms with Crippen LogP contribution in [0.15, 0.2) is 16.9 Å². The SMILES string of the molecule is Cc1ccc(=O)n(CC(=O)N2[C@H](CN)CC[C@@H]2CC(N)=O)n1. The molecule has 2 atom stereocenters. The minimum Gasteiger partial charge on any atom is -0.370 e. The summed E-state index contributed by atoms with van der Waals surface area (Å²) in [4.78, 5) is 37.1. The standard InChI is InChI=1S/C14H21N5O3/c1-9-2-5-13(21)18(17-9)8-14(22)19-10(6-12(16)20)3-4-11(19)7-15/h2,5,10-11H,3-4,6-8,15H2,1H3,(H2,16,20)/t10-,11+/m1/s1. The van der Waals surface area contributed by atoms with Crippen molar-refractivity contribution in [2.75, 3.05) is 6.54 Å².